The normalized spacial score (nSPS) is 9.82. The van der Waals surface area contributed by atoms with E-state index >= 15 is 0 Å². The lowest BCUT2D eigenvalue weighted by atomic mass is 10.2. The van der Waals surface area contributed by atoms with Gasteiger partial charge in [-0.1, -0.05) is 6.07 Å². The minimum Gasteiger partial charge on any atom is -0.493 e. The average molecular weight is 238 g/mol. The number of amides is 1. The van der Waals surface area contributed by atoms with Crippen LogP contribution in [-0.2, 0) is 4.79 Å². The zero-order chi connectivity index (χ0) is 12.7. The van der Waals surface area contributed by atoms with Crippen LogP contribution in [0.3, 0.4) is 0 Å². The molecule has 5 heteroatoms. The van der Waals surface area contributed by atoms with Crippen molar-refractivity contribution in [1.29, 1.82) is 0 Å². The maximum Gasteiger partial charge on any atom is 0.233 e. The van der Waals surface area contributed by atoms with E-state index in [9.17, 15) is 4.79 Å². The van der Waals surface area contributed by atoms with Gasteiger partial charge in [0.15, 0.2) is 11.5 Å². The highest BCUT2D eigenvalue weighted by Gasteiger charge is 2.04. The van der Waals surface area contributed by atoms with Crippen LogP contribution in [0.15, 0.2) is 18.2 Å². The van der Waals surface area contributed by atoms with Gasteiger partial charge in [0.25, 0.3) is 0 Å². The standard InChI is InChI=1S/C12H18N2O3/c1-9-3-4-10(11(7-9)16-2)17-6-5-14-12(15)8-13/h3-4,7H,5-6,8,13H2,1-2H3,(H,14,15). The molecule has 0 fully saturated rings. The monoisotopic (exact) mass is 238 g/mol. The van der Waals surface area contributed by atoms with Crippen LogP contribution in [0, 0.1) is 6.92 Å². The molecule has 94 valence electrons. The van der Waals surface area contributed by atoms with E-state index in [1.807, 2.05) is 25.1 Å². The zero-order valence-corrected chi connectivity index (χ0v) is 10.2. The van der Waals surface area contributed by atoms with Gasteiger partial charge in [-0.25, -0.2) is 0 Å². The minimum atomic E-state index is -0.190. The number of rotatable bonds is 6. The average Bonchev–Trinajstić information content (AvgIpc) is 2.35. The predicted octanol–water partition coefficient (Wildman–Crippen LogP) is 0.457. The third-order valence-electron chi connectivity index (χ3n) is 2.19. The van der Waals surface area contributed by atoms with E-state index < -0.39 is 0 Å². The van der Waals surface area contributed by atoms with E-state index in [1.165, 1.54) is 0 Å². The summed E-state index contributed by atoms with van der Waals surface area (Å²) in [5.41, 5.74) is 6.26. The highest BCUT2D eigenvalue weighted by atomic mass is 16.5. The number of carbonyl (C=O) groups excluding carboxylic acids is 1. The van der Waals surface area contributed by atoms with Crippen LogP contribution in [-0.4, -0.2) is 32.7 Å². The Morgan fingerprint density at radius 2 is 2.18 bits per heavy atom. The first-order valence-electron chi connectivity index (χ1n) is 5.41. The molecule has 1 aromatic rings. The Labute approximate surface area is 101 Å². The number of nitrogens with two attached hydrogens (primary N) is 1. The van der Waals surface area contributed by atoms with Gasteiger partial charge in [0, 0.05) is 0 Å². The Kier molecular flexibility index (Phi) is 5.29. The van der Waals surface area contributed by atoms with E-state index in [0.29, 0.717) is 24.7 Å². The summed E-state index contributed by atoms with van der Waals surface area (Å²) in [4.78, 5) is 10.9. The molecule has 1 rings (SSSR count). The minimum absolute atomic E-state index is 0.00610. The van der Waals surface area contributed by atoms with Crippen LogP contribution in [0.5, 0.6) is 11.5 Å². The van der Waals surface area contributed by atoms with Gasteiger partial charge in [-0.2, -0.15) is 0 Å². The second-order valence-electron chi connectivity index (χ2n) is 3.56. The molecule has 0 saturated heterocycles. The fourth-order valence-corrected chi connectivity index (χ4v) is 1.32. The molecular formula is C12H18N2O3. The molecule has 5 nitrogen and oxygen atoms in total. The van der Waals surface area contributed by atoms with Crippen LogP contribution >= 0.6 is 0 Å². The summed E-state index contributed by atoms with van der Waals surface area (Å²) < 4.78 is 10.7. The van der Waals surface area contributed by atoms with Gasteiger partial charge >= 0.3 is 0 Å². The Bertz CT molecular complexity index is 380. The number of nitrogens with one attached hydrogen (secondary N) is 1. The highest BCUT2D eigenvalue weighted by molar-refractivity contribution is 5.77. The Hall–Kier alpha value is -1.75. The zero-order valence-electron chi connectivity index (χ0n) is 10.2. The highest BCUT2D eigenvalue weighted by Crippen LogP contribution is 2.27. The number of ether oxygens (including phenoxy) is 2. The van der Waals surface area contributed by atoms with Gasteiger partial charge in [0.2, 0.25) is 5.91 Å². The van der Waals surface area contributed by atoms with Gasteiger partial charge in [0.05, 0.1) is 20.2 Å². The number of hydrogen-bond donors (Lipinski definition) is 2. The number of hydrogen-bond acceptors (Lipinski definition) is 4. The van der Waals surface area contributed by atoms with Crippen LogP contribution in [0.1, 0.15) is 5.56 Å². The Morgan fingerprint density at radius 3 is 2.82 bits per heavy atom. The Morgan fingerprint density at radius 1 is 1.41 bits per heavy atom. The van der Waals surface area contributed by atoms with Crippen molar-refractivity contribution in [1.82, 2.24) is 5.32 Å². The van der Waals surface area contributed by atoms with Gasteiger partial charge in [0.1, 0.15) is 6.61 Å². The molecule has 0 heterocycles. The molecule has 0 spiro atoms. The fraction of sp³-hybridized carbons (Fsp3) is 0.417. The molecule has 0 bridgehead atoms. The van der Waals surface area contributed by atoms with E-state index in [-0.39, 0.29) is 12.5 Å². The van der Waals surface area contributed by atoms with Crippen molar-refractivity contribution in [2.45, 2.75) is 6.92 Å². The molecule has 0 unspecified atom stereocenters. The number of aryl methyl sites for hydroxylation is 1. The first kappa shape index (κ1) is 13.3. The molecule has 1 amide bonds. The summed E-state index contributed by atoms with van der Waals surface area (Å²) in [5, 5.41) is 2.62. The molecule has 0 radical (unpaired) electrons. The van der Waals surface area contributed by atoms with Crippen molar-refractivity contribution in [3.8, 4) is 11.5 Å². The summed E-state index contributed by atoms with van der Waals surface area (Å²) in [7, 11) is 1.60. The lowest BCUT2D eigenvalue weighted by molar-refractivity contribution is -0.119. The molecule has 17 heavy (non-hydrogen) atoms. The maximum atomic E-state index is 10.9. The van der Waals surface area contributed by atoms with Gasteiger partial charge in [-0.3, -0.25) is 4.79 Å². The smallest absolute Gasteiger partial charge is 0.233 e. The first-order valence-corrected chi connectivity index (χ1v) is 5.41. The summed E-state index contributed by atoms with van der Waals surface area (Å²) >= 11 is 0. The number of carbonyl (C=O) groups is 1. The quantitative estimate of drug-likeness (QED) is 0.706. The molecule has 0 aliphatic carbocycles. The molecule has 0 aliphatic rings. The van der Waals surface area contributed by atoms with Crippen LogP contribution in [0.25, 0.3) is 0 Å². The van der Waals surface area contributed by atoms with E-state index in [0.717, 1.165) is 5.56 Å². The summed E-state index contributed by atoms with van der Waals surface area (Å²) in [6.45, 7) is 2.78. The SMILES string of the molecule is COc1cc(C)ccc1OCCNC(=O)CN. The molecule has 0 aromatic heterocycles. The van der Waals surface area contributed by atoms with Crippen molar-refractivity contribution >= 4 is 5.91 Å². The lowest BCUT2D eigenvalue weighted by Crippen LogP contribution is -2.33. The summed E-state index contributed by atoms with van der Waals surface area (Å²) in [6, 6.07) is 5.68. The molecular weight excluding hydrogens is 220 g/mol. The van der Waals surface area contributed by atoms with Crippen LogP contribution < -0.4 is 20.5 Å². The molecule has 1 aromatic carbocycles. The van der Waals surface area contributed by atoms with Crippen LogP contribution in [0.2, 0.25) is 0 Å². The maximum absolute atomic E-state index is 10.9. The topological polar surface area (TPSA) is 73.6 Å². The molecule has 0 atom stereocenters. The molecule has 0 aliphatic heterocycles. The van der Waals surface area contributed by atoms with Gasteiger partial charge < -0.3 is 20.5 Å². The number of methoxy groups -OCH3 is 1. The largest absolute Gasteiger partial charge is 0.493 e. The lowest BCUT2D eigenvalue weighted by Gasteiger charge is -2.11. The van der Waals surface area contributed by atoms with E-state index in [2.05, 4.69) is 5.32 Å². The van der Waals surface area contributed by atoms with Crippen molar-refractivity contribution in [2.24, 2.45) is 5.73 Å². The van der Waals surface area contributed by atoms with Crippen molar-refractivity contribution in [3.63, 3.8) is 0 Å². The second kappa shape index (κ2) is 6.75. The number of benzene rings is 1. The van der Waals surface area contributed by atoms with Crippen molar-refractivity contribution in [2.75, 3.05) is 26.8 Å². The van der Waals surface area contributed by atoms with Gasteiger partial charge in [-0.15, -0.1) is 0 Å². The third kappa shape index (κ3) is 4.32. The second-order valence-corrected chi connectivity index (χ2v) is 3.56. The van der Waals surface area contributed by atoms with Crippen molar-refractivity contribution in [3.05, 3.63) is 23.8 Å². The first-order chi connectivity index (χ1) is 8.17. The van der Waals surface area contributed by atoms with Gasteiger partial charge in [-0.05, 0) is 24.6 Å². The summed E-state index contributed by atoms with van der Waals surface area (Å²) in [5.74, 6) is 1.17. The molecule has 3 N–H and O–H groups in total. The summed E-state index contributed by atoms with van der Waals surface area (Å²) in [6.07, 6.45) is 0. The van der Waals surface area contributed by atoms with Crippen LogP contribution in [0.4, 0.5) is 0 Å². The van der Waals surface area contributed by atoms with E-state index in [1.54, 1.807) is 7.11 Å². The Balaban J connectivity index is 2.43. The fourth-order valence-electron chi connectivity index (χ4n) is 1.32. The van der Waals surface area contributed by atoms with E-state index in [4.69, 9.17) is 15.2 Å². The predicted molar refractivity (Wildman–Crippen MR) is 65.3 cm³/mol. The third-order valence-corrected chi connectivity index (χ3v) is 2.19. The molecule has 0 saturated carbocycles. The van der Waals surface area contributed by atoms with Crippen molar-refractivity contribution < 1.29 is 14.3 Å².